The van der Waals surface area contributed by atoms with Gasteiger partial charge in [0.2, 0.25) is 17.7 Å². The number of rotatable bonds is 18. The Morgan fingerprint density at radius 2 is 1.02 bits per heavy atom. The van der Waals surface area contributed by atoms with Gasteiger partial charge in [-0.05, 0) is 77.8 Å². The average Bonchev–Trinajstić information content (AvgIpc) is 3.04. The van der Waals surface area contributed by atoms with Gasteiger partial charge in [-0.25, -0.2) is 14.4 Å². The molecule has 0 saturated heterocycles. The summed E-state index contributed by atoms with van der Waals surface area (Å²) in [6.45, 7) is 14.1. The molecule has 292 valence electrons. The fraction of sp³-hybridized carbons (Fsp3) is 0.538. The van der Waals surface area contributed by atoms with Gasteiger partial charge in [-0.15, -0.1) is 0 Å². The molecule has 53 heavy (non-hydrogen) atoms. The Balaban J connectivity index is 2.26. The molecule has 2 rings (SSSR count). The molecule has 0 radical (unpaired) electrons. The van der Waals surface area contributed by atoms with E-state index in [1.54, 1.807) is 77.9 Å². The summed E-state index contributed by atoms with van der Waals surface area (Å²) in [5.41, 5.74) is -0.0317. The summed E-state index contributed by atoms with van der Waals surface area (Å²) < 4.78 is 10.6. The first-order valence-electron chi connectivity index (χ1n) is 17.9. The first-order valence-corrected chi connectivity index (χ1v) is 17.9. The molecule has 2 aromatic carbocycles. The zero-order chi connectivity index (χ0) is 39.8. The number of carbonyl (C=O) groups excluding carboxylic acids is 5. The van der Waals surface area contributed by atoms with E-state index in [1.165, 1.54) is 0 Å². The minimum absolute atomic E-state index is 0.000638. The fourth-order valence-corrected chi connectivity index (χ4v) is 5.16. The maximum atomic E-state index is 14.0. The van der Waals surface area contributed by atoms with Crippen molar-refractivity contribution in [3.63, 3.8) is 0 Å². The van der Waals surface area contributed by atoms with Crippen LogP contribution in [0, 0.1) is 5.92 Å². The molecular formula is C39H57N5O9. The lowest BCUT2D eigenvalue weighted by molar-refractivity contribution is -0.142. The molecular weight excluding hydrogens is 682 g/mol. The second-order valence-corrected chi connectivity index (χ2v) is 15.3. The van der Waals surface area contributed by atoms with Gasteiger partial charge in [0.1, 0.15) is 35.4 Å². The lowest BCUT2D eigenvalue weighted by Crippen LogP contribution is -2.59. The molecule has 5 amide bonds. The van der Waals surface area contributed by atoms with Crippen molar-refractivity contribution in [2.75, 3.05) is 6.54 Å². The van der Waals surface area contributed by atoms with E-state index in [2.05, 4.69) is 26.6 Å². The molecule has 14 nitrogen and oxygen atoms in total. The molecule has 0 saturated carbocycles. The summed E-state index contributed by atoms with van der Waals surface area (Å²) in [5.74, 6) is -3.39. The van der Waals surface area contributed by atoms with Gasteiger partial charge >= 0.3 is 18.2 Å². The number of carboxylic acids is 1. The van der Waals surface area contributed by atoms with Gasteiger partial charge in [0.25, 0.3) is 0 Å². The van der Waals surface area contributed by atoms with E-state index in [9.17, 15) is 33.9 Å². The normalized spacial score (nSPS) is 13.8. The van der Waals surface area contributed by atoms with Crippen LogP contribution >= 0.6 is 0 Å². The second-order valence-electron chi connectivity index (χ2n) is 15.3. The Morgan fingerprint density at radius 1 is 0.604 bits per heavy atom. The molecule has 6 N–H and O–H groups in total. The van der Waals surface area contributed by atoms with E-state index >= 15 is 0 Å². The lowest BCUT2D eigenvalue weighted by atomic mass is 10.00. The van der Waals surface area contributed by atoms with E-state index in [0.717, 1.165) is 11.1 Å². The Kier molecular flexibility index (Phi) is 17.3. The van der Waals surface area contributed by atoms with Gasteiger partial charge in [-0.2, -0.15) is 0 Å². The summed E-state index contributed by atoms with van der Waals surface area (Å²) in [6.07, 6.45) is -0.886. The van der Waals surface area contributed by atoms with Crippen molar-refractivity contribution in [1.29, 1.82) is 0 Å². The highest BCUT2D eigenvalue weighted by Gasteiger charge is 2.32. The van der Waals surface area contributed by atoms with Crippen molar-refractivity contribution >= 4 is 35.9 Å². The molecule has 0 aliphatic carbocycles. The summed E-state index contributed by atoms with van der Waals surface area (Å²) in [7, 11) is 0. The highest BCUT2D eigenvalue weighted by Crippen LogP contribution is 2.12. The van der Waals surface area contributed by atoms with Crippen LogP contribution in [0.25, 0.3) is 0 Å². The van der Waals surface area contributed by atoms with Crippen LogP contribution in [0.1, 0.15) is 85.8 Å². The summed E-state index contributed by atoms with van der Waals surface area (Å²) >= 11 is 0. The predicted molar refractivity (Wildman–Crippen MR) is 200 cm³/mol. The van der Waals surface area contributed by atoms with Gasteiger partial charge < -0.3 is 41.2 Å². The number of carbonyl (C=O) groups is 6. The topological polar surface area (TPSA) is 201 Å². The van der Waals surface area contributed by atoms with E-state index in [1.807, 2.05) is 38.1 Å². The minimum atomic E-state index is -1.30. The predicted octanol–water partition coefficient (Wildman–Crippen LogP) is 4.26. The fourth-order valence-electron chi connectivity index (χ4n) is 5.16. The molecule has 4 atom stereocenters. The van der Waals surface area contributed by atoms with E-state index in [4.69, 9.17) is 9.47 Å². The van der Waals surface area contributed by atoms with E-state index < -0.39 is 71.2 Å². The number of amides is 5. The van der Waals surface area contributed by atoms with Crippen LogP contribution < -0.4 is 26.6 Å². The highest BCUT2D eigenvalue weighted by atomic mass is 16.6. The summed E-state index contributed by atoms with van der Waals surface area (Å²) in [5, 5.41) is 23.1. The number of aliphatic carboxylic acids is 1. The molecule has 0 unspecified atom stereocenters. The van der Waals surface area contributed by atoms with Crippen LogP contribution in [0.2, 0.25) is 0 Å². The number of hydrogen-bond donors (Lipinski definition) is 6. The zero-order valence-corrected chi connectivity index (χ0v) is 32.1. The Hall–Kier alpha value is -5.14. The first kappa shape index (κ1) is 44.0. The van der Waals surface area contributed by atoms with Gasteiger partial charge in [-0.3, -0.25) is 14.4 Å². The Morgan fingerprint density at radius 3 is 1.47 bits per heavy atom. The monoisotopic (exact) mass is 739 g/mol. The Labute approximate surface area is 312 Å². The van der Waals surface area contributed by atoms with Crippen molar-refractivity contribution < 1.29 is 43.3 Å². The smallest absolute Gasteiger partial charge is 0.408 e. The van der Waals surface area contributed by atoms with E-state index in [-0.39, 0.29) is 44.6 Å². The number of alkyl carbamates (subject to hydrolysis) is 2. The number of carboxylic acid groups (broad SMARTS) is 1. The van der Waals surface area contributed by atoms with Gasteiger partial charge in [0, 0.05) is 19.4 Å². The molecule has 0 aliphatic rings. The van der Waals surface area contributed by atoms with Crippen molar-refractivity contribution in [1.82, 2.24) is 26.6 Å². The SMILES string of the molecule is CC(C)C[C@@H](NC(=O)[C@@H](Cc1ccccc1)NC(=O)[C@@H](Cc1ccccc1)NC(=O)OC(C)(C)C)C(=O)N[C@H](CCCNC(=O)OC(C)(C)C)C(=O)O. The maximum absolute atomic E-state index is 14.0. The molecule has 0 aromatic heterocycles. The standard InChI is InChI=1S/C39H57N5O9/c1-25(2)22-29(32(45)41-28(35(48)49)20-15-21-40-36(50)52-38(3,4)5)42-33(46)30(23-26-16-11-9-12-17-26)43-34(47)31(24-27-18-13-10-14-19-27)44-37(51)53-39(6,7)8/h9-14,16-19,25,28-31H,15,20-24H2,1-8H3,(H,40,50)(H,41,45)(H,42,46)(H,43,47)(H,44,51)(H,48,49)/t28-,29-,30-,31-/m1/s1. The van der Waals surface area contributed by atoms with Crippen LogP contribution in [0.4, 0.5) is 9.59 Å². The summed E-state index contributed by atoms with van der Waals surface area (Å²) in [6, 6.07) is 13.3. The average molecular weight is 740 g/mol. The van der Waals surface area contributed by atoms with Gasteiger partial charge in [0.15, 0.2) is 0 Å². The van der Waals surface area contributed by atoms with Crippen molar-refractivity contribution in [2.24, 2.45) is 5.92 Å². The molecule has 2 aromatic rings. The molecule has 0 aliphatic heterocycles. The van der Waals surface area contributed by atoms with Crippen molar-refractivity contribution in [3.8, 4) is 0 Å². The van der Waals surface area contributed by atoms with E-state index in [0.29, 0.717) is 0 Å². The third-order valence-corrected chi connectivity index (χ3v) is 7.50. The van der Waals surface area contributed by atoms with Crippen LogP contribution in [-0.4, -0.2) is 82.9 Å². The molecule has 0 bridgehead atoms. The Bertz CT molecular complexity index is 1500. The highest BCUT2D eigenvalue weighted by molar-refractivity contribution is 5.95. The number of nitrogens with one attached hydrogen (secondary N) is 5. The molecule has 0 heterocycles. The molecule has 0 spiro atoms. The van der Waals surface area contributed by atoms with Crippen molar-refractivity contribution in [2.45, 2.75) is 123 Å². The number of benzene rings is 2. The van der Waals surface area contributed by atoms with Crippen LogP contribution in [0.5, 0.6) is 0 Å². The third kappa shape index (κ3) is 18.3. The zero-order valence-electron chi connectivity index (χ0n) is 32.1. The number of hydrogen-bond acceptors (Lipinski definition) is 8. The van der Waals surface area contributed by atoms with Crippen LogP contribution in [-0.2, 0) is 41.5 Å². The number of ether oxygens (including phenoxy) is 2. The third-order valence-electron chi connectivity index (χ3n) is 7.50. The van der Waals surface area contributed by atoms with Gasteiger partial charge in [-0.1, -0.05) is 74.5 Å². The van der Waals surface area contributed by atoms with Gasteiger partial charge in [0.05, 0.1) is 0 Å². The largest absolute Gasteiger partial charge is 0.480 e. The lowest BCUT2D eigenvalue weighted by Gasteiger charge is -2.27. The molecule has 0 fully saturated rings. The minimum Gasteiger partial charge on any atom is -0.480 e. The summed E-state index contributed by atoms with van der Waals surface area (Å²) in [4.78, 5) is 78.2. The quantitative estimate of drug-likeness (QED) is 0.121. The van der Waals surface area contributed by atoms with Crippen LogP contribution in [0.15, 0.2) is 60.7 Å². The second kappa shape index (κ2) is 20.8. The first-order chi connectivity index (χ1) is 24.7. The molecule has 14 heteroatoms. The maximum Gasteiger partial charge on any atom is 0.408 e. The van der Waals surface area contributed by atoms with Crippen LogP contribution in [0.3, 0.4) is 0 Å². The van der Waals surface area contributed by atoms with Crippen molar-refractivity contribution in [3.05, 3.63) is 71.8 Å².